The van der Waals surface area contributed by atoms with Crippen LogP contribution in [0.15, 0.2) is 6.20 Å². The molecule has 1 aromatic rings. The van der Waals surface area contributed by atoms with Gasteiger partial charge in [-0.15, -0.1) is 0 Å². The van der Waals surface area contributed by atoms with Crippen LogP contribution in [0.4, 0.5) is 18.9 Å². The van der Waals surface area contributed by atoms with Crippen molar-refractivity contribution in [1.82, 2.24) is 4.98 Å². The zero-order chi connectivity index (χ0) is 10.0. The van der Waals surface area contributed by atoms with Crippen molar-refractivity contribution in [2.75, 3.05) is 5.73 Å². The Hall–Kier alpha value is -1.59. The Kier molecular flexibility index (Phi) is 2.50. The molecule has 0 spiro atoms. The van der Waals surface area contributed by atoms with Crippen LogP contribution >= 0.6 is 0 Å². The highest BCUT2D eigenvalue weighted by molar-refractivity contribution is 5.84. The van der Waals surface area contributed by atoms with Crippen LogP contribution in [0, 0.1) is 5.82 Å². The third-order valence-corrected chi connectivity index (χ3v) is 1.46. The molecule has 1 aromatic heterocycles. The molecule has 0 unspecified atom stereocenters. The third kappa shape index (κ3) is 1.61. The Balaban J connectivity index is 3.38. The third-order valence-electron chi connectivity index (χ3n) is 1.46. The number of alkyl halides is 2. The number of anilines is 1. The number of halogens is 3. The van der Waals surface area contributed by atoms with E-state index in [1.807, 2.05) is 0 Å². The first-order chi connectivity index (χ1) is 6.07. The molecule has 0 fully saturated rings. The molecular formula is C7H5F3N2O. The fourth-order valence-corrected chi connectivity index (χ4v) is 0.830. The van der Waals surface area contributed by atoms with Gasteiger partial charge in [-0.25, -0.2) is 13.2 Å². The van der Waals surface area contributed by atoms with Crippen LogP contribution in [-0.4, -0.2) is 11.3 Å². The minimum Gasteiger partial charge on any atom is -0.396 e. The van der Waals surface area contributed by atoms with Gasteiger partial charge in [-0.1, -0.05) is 0 Å². The summed E-state index contributed by atoms with van der Waals surface area (Å²) in [6.07, 6.45) is -2.32. The number of pyridine rings is 1. The van der Waals surface area contributed by atoms with Gasteiger partial charge >= 0.3 is 0 Å². The molecule has 6 heteroatoms. The molecule has 2 N–H and O–H groups in total. The highest BCUT2D eigenvalue weighted by Crippen LogP contribution is 2.24. The van der Waals surface area contributed by atoms with Crippen molar-refractivity contribution in [2.24, 2.45) is 0 Å². The molecule has 3 nitrogen and oxygen atoms in total. The molecular weight excluding hydrogens is 185 g/mol. The van der Waals surface area contributed by atoms with Crippen molar-refractivity contribution >= 4 is 12.0 Å². The summed E-state index contributed by atoms with van der Waals surface area (Å²) in [6, 6.07) is 0. The van der Waals surface area contributed by atoms with Crippen molar-refractivity contribution in [2.45, 2.75) is 6.43 Å². The predicted molar refractivity (Wildman–Crippen MR) is 39.0 cm³/mol. The van der Waals surface area contributed by atoms with Crippen LogP contribution in [-0.2, 0) is 0 Å². The first-order valence-corrected chi connectivity index (χ1v) is 3.25. The van der Waals surface area contributed by atoms with E-state index in [4.69, 9.17) is 5.73 Å². The number of hydrogen-bond donors (Lipinski definition) is 1. The van der Waals surface area contributed by atoms with E-state index < -0.39 is 29.2 Å². The highest BCUT2D eigenvalue weighted by Gasteiger charge is 2.18. The molecule has 0 amide bonds. The molecule has 13 heavy (non-hydrogen) atoms. The summed E-state index contributed by atoms with van der Waals surface area (Å²) in [6.45, 7) is 0. The molecule has 0 saturated heterocycles. The van der Waals surface area contributed by atoms with Crippen molar-refractivity contribution in [3.8, 4) is 0 Å². The van der Waals surface area contributed by atoms with Gasteiger partial charge in [0.25, 0.3) is 6.43 Å². The van der Waals surface area contributed by atoms with E-state index in [0.29, 0.717) is 6.20 Å². The molecule has 0 bridgehead atoms. The monoisotopic (exact) mass is 190 g/mol. The zero-order valence-corrected chi connectivity index (χ0v) is 6.30. The van der Waals surface area contributed by atoms with Gasteiger partial charge in [0.05, 0.1) is 17.4 Å². The molecule has 0 aliphatic rings. The topological polar surface area (TPSA) is 56.0 Å². The van der Waals surface area contributed by atoms with Gasteiger partial charge in [-0.2, -0.15) is 0 Å². The number of carbonyl (C=O) groups excluding carboxylic acids is 1. The summed E-state index contributed by atoms with van der Waals surface area (Å²) in [5.74, 6) is -0.980. The van der Waals surface area contributed by atoms with E-state index in [9.17, 15) is 18.0 Å². The normalized spacial score (nSPS) is 10.5. The van der Waals surface area contributed by atoms with Crippen molar-refractivity contribution in [3.05, 3.63) is 23.3 Å². The Labute approximate surface area is 71.4 Å². The summed E-state index contributed by atoms with van der Waals surface area (Å²) in [5, 5.41) is 0. The molecule has 0 aliphatic heterocycles. The van der Waals surface area contributed by atoms with E-state index in [-0.39, 0.29) is 6.29 Å². The molecule has 0 aromatic carbocycles. The largest absolute Gasteiger partial charge is 0.396 e. The van der Waals surface area contributed by atoms with Crippen LogP contribution in [0.2, 0.25) is 0 Å². The maximum Gasteiger partial charge on any atom is 0.281 e. The van der Waals surface area contributed by atoms with Gasteiger partial charge in [0.15, 0.2) is 12.1 Å². The number of rotatable bonds is 2. The molecule has 0 radical (unpaired) electrons. The number of nitrogens with zero attached hydrogens (tertiary/aromatic N) is 1. The van der Waals surface area contributed by atoms with E-state index in [1.165, 1.54) is 0 Å². The lowest BCUT2D eigenvalue weighted by atomic mass is 10.2. The molecule has 0 atom stereocenters. The summed E-state index contributed by atoms with van der Waals surface area (Å²) in [7, 11) is 0. The lowest BCUT2D eigenvalue weighted by Gasteiger charge is -2.05. The summed E-state index contributed by atoms with van der Waals surface area (Å²) < 4.78 is 36.9. The van der Waals surface area contributed by atoms with Crippen LogP contribution < -0.4 is 5.73 Å². The Morgan fingerprint density at radius 3 is 2.62 bits per heavy atom. The van der Waals surface area contributed by atoms with Crippen molar-refractivity contribution in [1.29, 1.82) is 0 Å². The molecule has 0 saturated carbocycles. The second kappa shape index (κ2) is 3.42. The summed E-state index contributed by atoms with van der Waals surface area (Å²) >= 11 is 0. The van der Waals surface area contributed by atoms with Gasteiger partial charge in [0.1, 0.15) is 5.69 Å². The Morgan fingerprint density at radius 1 is 1.54 bits per heavy atom. The zero-order valence-electron chi connectivity index (χ0n) is 6.30. The lowest BCUT2D eigenvalue weighted by Crippen LogP contribution is -2.05. The smallest absolute Gasteiger partial charge is 0.281 e. The Bertz CT molecular complexity index is 341. The summed E-state index contributed by atoms with van der Waals surface area (Å²) in [4.78, 5) is 13.4. The Morgan fingerprint density at radius 2 is 2.15 bits per heavy atom. The first-order valence-electron chi connectivity index (χ1n) is 3.25. The van der Waals surface area contributed by atoms with Crippen LogP contribution in [0.3, 0.4) is 0 Å². The molecule has 1 heterocycles. The average molecular weight is 190 g/mol. The number of aldehydes is 1. The molecule has 1 rings (SSSR count). The first kappa shape index (κ1) is 9.50. The highest BCUT2D eigenvalue weighted by atomic mass is 19.3. The molecule has 70 valence electrons. The van der Waals surface area contributed by atoms with E-state index >= 15 is 0 Å². The standard InChI is InChI=1S/C7H5F3N2O/c8-4-1-12-6(7(9)10)3(2-13)5(4)11/h1-2,7H,(H2,11,12). The van der Waals surface area contributed by atoms with Crippen molar-refractivity contribution in [3.63, 3.8) is 0 Å². The fourth-order valence-electron chi connectivity index (χ4n) is 0.830. The van der Waals surface area contributed by atoms with Gasteiger partial charge in [-0.05, 0) is 0 Å². The van der Waals surface area contributed by atoms with E-state index in [1.54, 1.807) is 0 Å². The van der Waals surface area contributed by atoms with Crippen molar-refractivity contribution < 1.29 is 18.0 Å². The van der Waals surface area contributed by atoms with Crippen LogP contribution in [0.1, 0.15) is 22.5 Å². The minimum absolute atomic E-state index is 0.0624. The lowest BCUT2D eigenvalue weighted by molar-refractivity contribution is 0.110. The quantitative estimate of drug-likeness (QED) is 0.720. The van der Waals surface area contributed by atoms with Gasteiger partial charge < -0.3 is 5.73 Å². The number of nitrogens with two attached hydrogens (primary N) is 1. The fraction of sp³-hybridized carbons (Fsp3) is 0.143. The average Bonchev–Trinajstić information content (AvgIpc) is 2.09. The second-order valence-corrected chi connectivity index (χ2v) is 2.24. The van der Waals surface area contributed by atoms with Gasteiger partial charge in [0.2, 0.25) is 0 Å². The number of carbonyl (C=O) groups is 1. The number of aromatic nitrogens is 1. The van der Waals surface area contributed by atoms with Gasteiger partial charge in [-0.3, -0.25) is 9.78 Å². The van der Waals surface area contributed by atoms with Gasteiger partial charge in [0, 0.05) is 0 Å². The SMILES string of the molecule is Nc1c(F)cnc(C(F)F)c1C=O. The predicted octanol–water partition coefficient (Wildman–Crippen LogP) is 1.55. The molecule has 0 aliphatic carbocycles. The van der Waals surface area contributed by atoms with E-state index in [2.05, 4.69) is 4.98 Å². The van der Waals surface area contributed by atoms with E-state index in [0.717, 1.165) is 0 Å². The number of hydrogen-bond acceptors (Lipinski definition) is 3. The van der Waals surface area contributed by atoms with Crippen LogP contribution in [0.5, 0.6) is 0 Å². The second-order valence-electron chi connectivity index (χ2n) is 2.24. The maximum atomic E-state index is 12.6. The number of nitrogen functional groups attached to an aromatic ring is 1. The maximum absolute atomic E-state index is 12.6. The summed E-state index contributed by atoms with van der Waals surface area (Å²) in [5.41, 5.74) is 3.07. The minimum atomic E-state index is -2.94. The van der Waals surface area contributed by atoms with Crippen LogP contribution in [0.25, 0.3) is 0 Å².